The molecule has 0 bridgehead atoms. The Bertz CT molecular complexity index is 639. The molecule has 2 rings (SSSR count). The van der Waals surface area contributed by atoms with E-state index in [1.54, 1.807) is 0 Å². The molecule has 1 aromatic heterocycles. The molecule has 4 heteroatoms. The summed E-state index contributed by atoms with van der Waals surface area (Å²) in [5.41, 5.74) is 9.18. The van der Waals surface area contributed by atoms with Gasteiger partial charge in [0.25, 0.3) is 0 Å². The molecule has 0 amide bonds. The molecule has 0 atom stereocenters. The number of nitrogen functional groups attached to an aromatic ring is 1. The van der Waals surface area contributed by atoms with Crippen LogP contribution in [0, 0.1) is 13.8 Å². The molecule has 2 aromatic rings. The lowest BCUT2D eigenvalue weighted by Gasteiger charge is -2.25. The van der Waals surface area contributed by atoms with Crippen LogP contribution in [0.5, 0.6) is 0 Å². The van der Waals surface area contributed by atoms with Gasteiger partial charge in [0.05, 0.1) is 0 Å². The van der Waals surface area contributed by atoms with E-state index in [-0.39, 0.29) is 5.41 Å². The van der Waals surface area contributed by atoms with Crippen molar-refractivity contribution in [3.8, 4) is 0 Å². The molecule has 0 saturated carbocycles. The molecule has 21 heavy (non-hydrogen) atoms. The molecule has 0 aliphatic heterocycles. The summed E-state index contributed by atoms with van der Waals surface area (Å²) in [6.45, 7) is 10.3. The number of anilines is 3. The van der Waals surface area contributed by atoms with Gasteiger partial charge < -0.3 is 10.6 Å². The molecule has 4 nitrogen and oxygen atoms in total. The van der Waals surface area contributed by atoms with Gasteiger partial charge in [-0.3, -0.25) is 0 Å². The highest BCUT2D eigenvalue weighted by Gasteiger charge is 2.22. The Morgan fingerprint density at radius 2 is 1.57 bits per heavy atom. The first-order valence-corrected chi connectivity index (χ1v) is 7.15. The van der Waals surface area contributed by atoms with E-state index in [2.05, 4.69) is 61.8 Å². The van der Waals surface area contributed by atoms with Gasteiger partial charge in [-0.25, -0.2) is 9.97 Å². The zero-order valence-electron chi connectivity index (χ0n) is 13.7. The first kappa shape index (κ1) is 15.3. The zero-order valence-corrected chi connectivity index (χ0v) is 13.7. The number of nitrogens with zero attached hydrogens (tertiary/aromatic N) is 3. The smallest absolute Gasteiger partial charge is 0.141 e. The minimum atomic E-state index is -0.134. The Labute approximate surface area is 127 Å². The van der Waals surface area contributed by atoms with Crippen LogP contribution in [0.3, 0.4) is 0 Å². The normalized spacial score (nSPS) is 11.5. The van der Waals surface area contributed by atoms with Gasteiger partial charge in [0.2, 0.25) is 0 Å². The summed E-state index contributed by atoms with van der Waals surface area (Å²) in [6.07, 6.45) is 0. The molecule has 0 spiro atoms. The van der Waals surface area contributed by atoms with Gasteiger partial charge in [0, 0.05) is 23.7 Å². The number of benzene rings is 1. The van der Waals surface area contributed by atoms with Gasteiger partial charge in [0.1, 0.15) is 17.5 Å². The van der Waals surface area contributed by atoms with Crippen molar-refractivity contribution in [2.24, 2.45) is 0 Å². The van der Waals surface area contributed by atoms with Crippen LogP contribution in [-0.2, 0) is 5.41 Å². The van der Waals surface area contributed by atoms with Crippen molar-refractivity contribution in [1.29, 1.82) is 0 Å². The molecule has 0 saturated heterocycles. The monoisotopic (exact) mass is 284 g/mol. The summed E-state index contributed by atoms with van der Waals surface area (Å²) >= 11 is 0. The highest BCUT2D eigenvalue weighted by molar-refractivity contribution is 5.66. The predicted molar refractivity (Wildman–Crippen MR) is 89.1 cm³/mol. The number of aryl methyl sites for hydroxylation is 1. The Kier molecular flexibility index (Phi) is 3.90. The van der Waals surface area contributed by atoms with Crippen molar-refractivity contribution in [2.75, 3.05) is 17.7 Å². The first-order valence-electron chi connectivity index (χ1n) is 7.15. The van der Waals surface area contributed by atoms with Gasteiger partial charge in [0.15, 0.2) is 0 Å². The minimum Gasteiger partial charge on any atom is -0.383 e. The fourth-order valence-corrected chi connectivity index (χ4v) is 2.07. The summed E-state index contributed by atoms with van der Waals surface area (Å²) in [5.74, 6) is 2.17. The van der Waals surface area contributed by atoms with Gasteiger partial charge >= 0.3 is 0 Å². The Morgan fingerprint density at radius 1 is 1.00 bits per heavy atom. The second-order valence-corrected chi connectivity index (χ2v) is 6.53. The second kappa shape index (κ2) is 5.35. The van der Waals surface area contributed by atoms with Crippen LogP contribution in [0.2, 0.25) is 0 Å². The molecule has 0 aliphatic carbocycles. The molecule has 1 heterocycles. The molecule has 2 N–H and O–H groups in total. The third-order valence-electron chi connectivity index (χ3n) is 3.57. The standard InChI is InChI=1S/C17H24N4/c1-11-7-9-13(10-8-11)21(6)15-12(2)14(18)19-16(20-15)17(3,4)5/h7-10H,1-6H3,(H2,18,19,20). The molecule has 0 aliphatic rings. The van der Waals surface area contributed by atoms with Gasteiger partial charge in [-0.15, -0.1) is 0 Å². The maximum absolute atomic E-state index is 6.08. The minimum absolute atomic E-state index is 0.134. The zero-order chi connectivity index (χ0) is 15.8. The molecule has 1 aromatic carbocycles. The van der Waals surface area contributed by atoms with E-state index in [9.17, 15) is 0 Å². The van der Waals surface area contributed by atoms with Crippen LogP contribution in [-0.4, -0.2) is 17.0 Å². The molecular weight excluding hydrogens is 260 g/mol. The van der Waals surface area contributed by atoms with Crippen molar-refractivity contribution in [1.82, 2.24) is 9.97 Å². The largest absolute Gasteiger partial charge is 0.383 e. The van der Waals surface area contributed by atoms with Gasteiger partial charge in [-0.05, 0) is 26.0 Å². The number of hydrogen-bond donors (Lipinski definition) is 1. The Hall–Kier alpha value is -2.10. The highest BCUT2D eigenvalue weighted by atomic mass is 15.2. The molecule has 112 valence electrons. The molecule has 0 fully saturated rings. The Morgan fingerprint density at radius 3 is 2.10 bits per heavy atom. The van der Waals surface area contributed by atoms with E-state index in [0.717, 1.165) is 22.9 Å². The topological polar surface area (TPSA) is 55.0 Å². The van der Waals surface area contributed by atoms with Gasteiger partial charge in [-0.2, -0.15) is 0 Å². The van der Waals surface area contributed by atoms with Crippen LogP contribution in [0.15, 0.2) is 24.3 Å². The van der Waals surface area contributed by atoms with Crippen LogP contribution in [0.4, 0.5) is 17.3 Å². The number of nitrogens with two attached hydrogens (primary N) is 1. The van der Waals surface area contributed by atoms with E-state index in [0.29, 0.717) is 5.82 Å². The van der Waals surface area contributed by atoms with Crippen LogP contribution >= 0.6 is 0 Å². The lowest BCUT2D eigenvalue weighted by molar-refractivity contribution is 0.546. The molecule has 0 radical (unpaired) electrons. The maximum atomic E-state index is 6.08. The van der Waals surface area contributed by atoms with Crippen molar-refractivity contribution < 1.29 is 0 Å². The van der Waals surface area contributed by atoms with Crippen molar-refractivity contribution in [3.63, 3.8) is 0 Å². The van der Waals surface area contributed by atoms with Crippen molar-refractivity contribution in [3.05, 3.63) is 41.2 Å². The lowest BCUT2D eigenvalue weighted by Crippen LogP contribution is -2.22. The Balaban J connectivity index is 2.52. The fourth-order valence-electron chi connectivity index (χ4n) is 2.07. The van der Waals surface area contributed by atoms with E-state index < -0.39 is 0 Å². The summed E-state index contributed by atoms with van der Waals surface area (Å²) in [5, 5.41) is 0. The second-order valence-electron chi connectivity index (χ2n) is 6.53. The average molecular weight is 284 g/mol. The first-order chi connectivity index (χ1) is 9.70. The number of hydrogen-bond acceptors (Lipinski definition) is 4. The summed E-state index contributed by atoms with van der Waals surface area (Å²) < 4.78 is 0. The van der Waals surface area contributed by atoms with E-state index in [1.165, 1.54) is 5.56 Å². The third-order valence-corrected chi connectivity index (χ3v) is 3.57. The summed E-state index contributed by atoms with van der Waals surface area (Å²) in [7, 11) is 2.01. The number of rotatable bonds is 2. The summed E-state index contributed by atoms with van der Waals surface area (Å²) in [4.78, 5) is 11.2. The maximum Gasteiger partial charge on any atom is 0.141 e. The average Bonchev–Trinajstić information content (AvgIpc) is 2.40. The predicted octanol–water partition coefficient (Wildman–Crippen LogP) is 3.74. The van der Waals surface area contributed by atoms with Crippen molar-refractivity contribution in [2.45, 2.75) is 40.0 Å². The SMILES string of the molecule is Cc1ccc(N(C)c2nc(C(C)(C)C)nc(N)c2C)cc1. The van der Waals surface area contributed by atoms with Crippen LogP contribution in [0.1, 0.15) is 37.7 Å². The number of aromatic nitrogens is 2. The summed E-state index contributed by atoms with van der Waals surface area (Å²) in [6, 6.07) is 8.36. The lowest BCUT2D eigenvalue weighted by atomic mass is 9.95. The van der Waals surface area contributed by atoms with Gasteiger partial charge in [-0.1, -0.05) is 38.5 Å². The molecule has 0 unspecified atom stereocenters. The highest BCUT2D eigenvalue weighted by Crippen LogP contribution is 2.30. The third kappa shape index (κ3) is 3.15. The fraction of sp³-hybridized carbons (Fsp3) is 0.412. The van der Waals surface area contributed by atoms with Crippen LogP contribution < -0.4 is 10.6 Å². The quantitative estimate of drug-likeness (QED) is 0.912. The van der Waals surface area contributed by atoms with Crippen LogP contribution in [0.25, 0.3) is 0 Å². The molecular formula is C17H24N4. The van der Waals surface area contributed by atoms with E-state index in [4.69, 9.17) is 10.7 Å². The van der Waals surface area contributed by atoms with E-state index >= 15 is 0 Å². The van der Waals surface area contributed by atoms with Crippen molar-refractivity contribution >= 4 is 17.3 Å². The van der Waals surface area contributed by atoms with E-state index in [1.807, 2.05) is 14.0 Å².